The molecule has 0 saturated carbocycles. The van der Waals surface area contributed by atoms with Gasteiger partial charge in [-0.2, -0.15) is 0 Å². The van der Waals surface area contributed by atoms with E-state index < -0.39 is 23.5 Å². The smallest absolute Gasteiger partial charge is 0.442 e. The second-order valence-corrected chi connectivity index (χ2v) is 8.28. The Morgan fingerprint density at radius 2 is 1.72 bits per heavy atom. The number of hydroxylamine groups is 2. The maximum absolute atomic E-state index is 12.3. The number of nitrogens with two attached hydrogens (primary N) is 1. The molecular formula is C16H25N3O5S. The summed E-state index contributed by atoms with van der Waals surface area (Å²) in [6.07, 6.45) is -1.84. The van der Waals surface area contributed by atoms with Crippen molar-refractivity contribution in [3.8, 4) is 0 Å². The van der Waals surface area contributed by atoms with Crippen LogP contribution in [0, 0.1) is 5.41 Å². The first-order valence-corrected chi connectivity index (χ1v) is 8.48. The predicted octanol–water partition coefficient (Wildman–Crippen LogP) is 3.64. The molecule has 0 atom stereocenters. The van der Waals surface area contributed by atoms with Gasteiger partial charge in [0.05, 0.1) is 6.54 Å². The van der Waals surface area contributed by atoms with Crippen LogP contribution in [0.3, 0.4) is 0 Å². The zero-order valence-corrected chi connectivity index (χ0v) is 16.2. The zero-order valence-electron chi connectivity index (χ0n) is 15.3. The fraction of sp³-hybridized carbons (Fsp3) is 0.562. The molecule has 0 bridgehead atoms. The molecule has 1 heterocycles. The van der Waals surface area contributed by atoms with E-state index in [-0.39, 0.29) is 12.4 Å². The Labute approximate surface area is 151 Å². The highest BCUT2D eigenvalue weighted by Gasteiger charge is 2.28. The first-order chi connectivity index (χ1) is 11.3. The summed E-state index contributed by atoms with van der Waals surface area (Å²) in [6.45, 7) is 10.1. The number of amidine groups is 1. The summed E-state index contributed by atoms with van der Waals surface area (Å²) in [5.41, 5.74) is 4.44. The number of rotatable bonds is 3. The van der Waals surface area contributed by atoms with Crippen molar-refractivity contribution < 1.29 is 23.9 Å². The summed E-state index contributed by atoms with van der Waals surface area (Å²) in [4.78, 5) is 29.9. The molecule has 1 rings (SSSR count). The molecule has 1 aromatic rings. The minimum Gasteiger partial charge on any atom is -0.442 e. The molecule has 8 nitrogen and oxygen atoms in total. The molecular weight excluding hydrogens is 346 g/mol. The molecule has 1 aromatic heterocycles. The van der Waals surface area contributed by atoms with Crippen LogP contribution in [0.15, 0.2) is 11.4 Å². The van der Waals surface area contributed by atoms with Crippen molar-refractivity contribution >= 4 is 29.4 Å². The topological polar surface area (TPSA) is 115 Å². The Kier molecular flexibility index (Phi) is 6.42. The molecule has 0 spiro atoms. The third-order valence-corrected chi connectivity index (χ3v) is 3.36. The van der Waals surface area contributed by atoms with Gasteiger partial charge in [-0.1, -0.05) is 0 Å². The number of ether oxygens (including phenoxy) is 2. The van der Waals surface area contributed by atoms with Gasteiger partial charge in [0.2, 0.25) is 0 Å². The third kappa shape index (κ3) is 7.88. The lowest BCUT2D eigenvalue weighted by Gasteiger charge is -2.27. The number of carbonyl (C=O) groups is 2. The van der Waals surface area contributed by atoms with Gasteiger partial charge in [-0.15, -0.1) is 16.4 Å². The van der Waals surface area contributed by atoms with Crippen LogP contribution in [0.1, 0.15) is 52.0 Å². The lowest BCUT2D eigenvalue weighted by atomic mass is 10.2. The highest BCUT2D eigenvalue weighted by atomic mass is 32.1. The standard InChI is InChI=1S/C16H25N3O5S/c1-15(2,3)22-13(20)19(24-14(21)23-16(4,5)6)8-11-7-10(9-25-11)12(17)18/h7,9H,8H2,1-6H3,(H3,17,18). The molecule has 140 valence electrons. The van der Waals surface area contributed by atoms with Crippen LogP contribution in [-0.4, -0.2) is 34.3 Å². The first kappa shape index (κ1) is 20.8. The summed E-state index contributed by atoms with van der Waals surface area (Å²) < 4.78 is 10.3. The maximum atomic E-state index is 12.3. The minimum absolute atomic E-state index is 0.0495. The van der Waals surface area contributed by atoms with Crippen LogP contribution >= 0.6 is 11.3 Å². The van der Waals surface area contributed by atoms with Crippen molar-refractivity contribution in [3.63, 3.8) is 0 Å². The number of nitrogens with one attached hydrogen (secondary N) is 1. The number of amides is 1. The molecule has 0 radical (unpaired) electrons. The van der Waals surface area contributed by atoms with E-state index in [1.165, 1.54) is 11.3 Å². The molecule has 0 aliphatic rings. The zero-order chi connectivity index (χ0) is 19.4. The summed E-state index contributed by atoms with van der Waals surface area (Å²) in [7, 11) is 0. The number of thiophene rings is 1. The quantitative estimate of drug-likeness (QED) is 0.363. The van der Waals surface area contributed by atoms with E-state index in [9.17, 15) is 9.59 Å². The summed E-state index contributed by atoms with van der Waals surface area (Å²) in [5.74, 6) is -0.0839. The van der Waals surface area contributed by atoms with Crippen molar-refractivity contribution in [3.05, 3.63) is 21.9 Å². The Balaban J connectivity index is 2.91. The molecule has 0 fully saturated rings. The number of nitrogens with zero attached hydrogens (tertiary/aromatic N) is 1. The van der Waals surface area contributed by atoms with Gasteiger partial charge >= 0.3 is 12.2 Å². The molecule has 0 aliphatic heterocycles. The van der Waals surface area contributed by atoms with Crippen LogP contribution in [-0.2, 0) is 20.9 Å². The SMILES string of the molecule is CC(C)(C)OC(=O)ON(Cc1cc(C(=N)N)cs1)C(=O)OC(C)(C)C. The summed E-state index contributed by atoms with van der Waals surface area (Å²) >= 11 is 1.28. The highest BCUT2D eigenvalue weighted by molar-refractivity contribution is 7.10. The van der Waals surface area contributed by atoms with E-state index in [1.54, 1.807) is 53.0 Å². The minimum atomic E-state index is -1.01. The maximum Gasteiger partial charge on any atom is 0.534 e. The van der Waals surface area contributed by atoms with Crippen LogP contribution < -0.4 is 5.73 Å². The largest absolute Gasteiger partial charge is 0.534 e. The average Bonchev–Trinajstić information content (AvgIpc) is 2.82. The summed E-state index contributed by atoms with van der Waals surface area (Å²) in [6, 6.07) is 1.64. The van der Waals surface area contributed by atoms with Gasteiger partial charge < -0.3 is 15.2 Å². The molecule has 0 aromatic carbocycles. The van der Waals surface area contributed by atoms with Crippen LogP contribution in [0.2, 0.25) is 0 Å². The Bertz CT molecular complexity index is 643. The van der Waals surface area contributed by atoms with Gasteiger partial charge in [-0.05, 0) is 47.6 Å². The van der Waals surface area contributed by atoms with Crippen molar-refractivity contribution in [2.24, 2.45) is 5.73 Å². The van der Waals surface area contributed by atoms with Crippen LogP contribution in [0.4, 0.5) is 9.59 Å². The fourth-order valence-electron chi connectivity index (χ4n) is 1.55. The van der Waals surface area contributed by atoms with Crippen LogP contribution in [0.25, 0.3) is 0 Å². The molecule has 0 unspecified atom stereocenters. The molecule has 9 heteroatoms. The van der Waals surface area contributed by atoms with Gasteiger partial charge in [-0.3, -0.25) is 10.2 Å². The van der Waals surface area contributed by atoms with E-state index in [0.717, 1.165) is 5.06 Å². The molecule has 25 heavy (non-hydrogen) atoms. The van der Waals surface area contributed by atoms with Crippen molar-refractivity contribution in [1.29, 1.82) is 5.41 Å². The number of nitrogen functional groups attached to an aromatic ring is 1. The van der Waals surface area contributed by atoms with E-state index in [0.29, 0.717) is 10.4 Å². The Morgan fingerprint density at radius 1 is 1.16 bits per heavy atom. The van der Waals surface area contributed by atoms with Crippen LogP contribution in [0.5, 0.6) is 0 Å². The second kappa shape index (κ2) is 7.73. The Hall–Kier alpha value is -2.29. The molecule has 0 saturated heterocycles. The average molecular weight is 371 g/mol. The summed E-state index contributed by atoms with van der Waals surface area (Å²) in [5, 5.41) is 9.88. The van der Waals surface area contributed by atoms with E-state index in [4.69, 9.17) is 25.5 Å². The van der Waals surface area contributed by atoms with Gasteiger partial charge in [0.1, 0.15) is 17.0 Å². The van der Waals surface area contributed by atoms with E-state index in [2.05, 4.69) is 0 Å². The second-order valence-electron chi connectivity index (χ2n) is 7.29. The highest BCUT2D eigenvalue weighted by Crippen LogP contribution is 2.20. The van der Waals surface area contributed by atoms with E-state index >= 15 is 0 Å². The molecule has 0 aliphatic carbocycles. The van der Waals surface area contributed by atoms with E-state index in [1.807, 2.05) is 0 Å². The van der Waals surface area contributed by atoms with Crippen molar-refractivity contribution in [1.82, 2.24) is 5.06 Å². The molecule has 1 amide bonds. The predicted molar refractivity (Wildman–Crippen MR) is 94.4 cm³/mol. The lowest BCUT2D eigenvalue weighted by Crippen LogP contribution is -2.39. The van der Waals surface area contributed by atoms with Crippen molar-refractivity contribution in [2.75, 3.05) is 0 Å². The fourth-order valence-corrected chi connectivity index (χ4v) is 2.41. The monoisotopic (exact) mass is 371 g/mol. The first-order valence-electron chi connectivity index (χ1n) is 7.60. The number of hydrogen-bond donors (Lipinski definition) is 2. The van der Waals surface area contributed by atoms with Gasteiger partial charge in [-0.25, -0.2) is 9.59 Å². The Morgan fingerprint density at radius 3 is 2.16 bits per heavy atom. The molecule has 3 N–H and O–H groups in total. The number of carbonyl (C=O) groups excluding carboxylic acids is 2. The normalized spacial score (nSPS) is 11.6. The lowest BCUT2D eigenvalue weighted by molar-refractivity contribution is -0.140. The van der Waals surface area contributed by atoms with Gasteiger partial charge in [0.25, 0.3) is 0 Å². The van der Waals surface area contributed by atoms with Gasteiger partial charge in [0.15, 0.2) is 0 Å². The number of hydrogen-bond acceptors (Lipinski definition) is 7. The van der Waals surface area contributed by atoms with Gasteiger partial charge in [0, 0.05) is 15.8 Å². The van der Waals surface area contributed by atoms with Crippen molar-refractivity contribution in [2.45, 2.75) is 59.3 Å². The third-order valence-electron chi connectivity index (χ3n) is 2.44.